The molecule has 1 saturated heterocycles. The van der Waals surface area contributed by atoms with Crippen molar-refractivity contribution in [2.75, 3.05) is 6.61 Å². The number of hydrogen-bond acceptors (Lipinski definition) is 2. The zero-order valence-corrected chi connectivity index (χ0v) is 11.2. The van der Waals surface area contributed by atoms with Crippen LogP contribution in [0.25, 0.3) is 0 Å². The third kappa shape index (κ3) is 3.35. The van der Waals surface area contributed by atoms with Gasteiger partial charge in [-0.1, -0.05) is 35.3 Å². The molecule has 2 nitrogen and oxygen atoms in total. The van der Waals surface area contributed by atoms with Gasteiger partial charge in [0.15, 0.2) is 0 Å². The number of hydrogen-bond donors (Lipinski definition) is 1. The summed E-state index contributed by atoms with van der Waals surface area (Å²) in [5, 5.41) is 1.13. The van der Waals surface area contributed by atoms with E-state index in [4.69, 9.17) is 33.7 Å². The Morgan fingerprint density at radius 3 is 2.88 bits per heavy atom. The minimum absolute atomic E-state index is 0.107. The Bertz CT molecular complexity index is 378. The molecule has 2 unspecified atom stereocenters. The molecule has 2 N–H and O–H groups in total. The fraction of sp³-hybridized carbons (Fsp3) is 0.538. The SMILES string of the molecule is NC(CC1CCCCO1)c1cccc(Cl)c1Cl. The maximum absolute atomic E-state index is 6.17. The summed E-state index contributed by atoms with van der Waals surface area (Å²) in [5.41, 5.74) is 7.08. The zero-order chi connectivity index (χ0) is 12.3. The molecule has 1 aliphatic rings. The van der Waals surface area contributed by atoms with Crippen LogP contribution in [-0.2, 0) is 4.74 Å². The van der Waals surface area contributed by atoms with Gasteiger partial charge in [0.2, 0.25) is 0 Å². The van der Waals surface area contributed by atoms with Gasteiger partial charge in [0, 0.05) is 12.6 Å². The molecule has 0 saturated carbocycles. The normalized spacial score (nSPS) is 22.4. The Morgan fingerprint density at radius 1 is 1.35 bits per heavy atom. The molecule has 1 heterocycles. The number of benzene rings is 1. The largest absolute Gasteiger partial charge is 0.378 e. The highest BCUT2D eigenvalue weighted by Crippen LogP contribution is 2.32. The molecule has 1 aliphatic heterocycles. The van der Waals surface area contributed by atoms with Gasteiger partial charge in [0.25, 0.3) is 0 Å². The molecule has 0 bridgehead atoms. The summed E-state index contributed by atoms with van der Waals surface area (Å²) in [5.74, 6) is 0. The summed E-state index contributed by atoms with van der Waals surface area (Å²) in [7, 11) is 0. The average molecular weight is 274 g/mol. The molecule has 0 aliphatic carbocycles. The summed E-state index contributed by atoms with van der Waals surface area (Å²) >= 11 is 12.1. The van der Waals surface area contributed by atoms with E-state index >= 15 is 0 Å². The number of ether oxygens (including phenoxy) is 1. The number of nitrogens with two attached hydrogens (primary N) is 1. The third-order valence-electron chi connectivity index (χ3n) is 3.17. The van der Waals surface area contributed by atoms with Crippen LogP contribution in [0.4, 0.5) is 0 Å². The molecule has 2 rings (SSSR count). The first-order valence-electron chi connectivity index (χ1n) is 5.99. The maximum atomic E-state index is 6.17. The van der Waals surface area contributed by atoms with E-state index in [1.54, 1.807) is 6.07 Å². The molecule has 17 heavy (non-hydrogen) atoms. The molecule has 0 amide bonds. The lowest BCUT2D eigenvalue weighted by Gasteiger charge is -2.25. The lowest BCUT2D eigenvalue weighted by Crippen LogP contribution is -2.25. The standard InChI is InChI=1S/C13H17Cl2NO/c14-11-6-3-5-10(13(11)15)12(16)8-9-4-1-2-7-17-9/h3,5-6,9,12H,1-2,4,7-8,16H2. The van der Waals surface area contributed by atoms with Gasteiger partial charge < -0.3 is 10.5 Å². The van der Waals surface area contributed by atoms with Crippen LogP contribution in [0.15, 0.2) is 18.2 Å². The van der Waals surface area contributed by atoms with E-state index in [-0.39, 0.29) is 12.1 Å². The van der Waals surface area contributed by atoms with Crippen molar-refractivity contribution >= 4 is 23.2 Å². The highest BCUT2D eigenvalue weighted by Gasteiger charge is 2.20. The second kappa shape index (κ2) is 6.05. The molecule has 94 valence electrons. The lowest BCUT2D eigenvalue weighted by atomic mass is 9.97. The van der Waals surface area contributed by atoms with Gasteiger partial charge in [-0.2, -0.15) is 0 Å². The van der Waals surface area contributed by atoms with Crippen molar-refractivity contribution in [2.24, 2.45) is 5.73 Å². The number of rotatable bonds is 3. The van der Waals surface area contributed by atoms with Crippen LogP contribution in [-0.4, -0.2) is 12.7 Å². The first kappa shape index (κ1) is 13.2. The van der Waals surface area contributed by atoms with Gasteiger partial charge >= 0.3 is 0 Å². The van der Waals surface area contributed by atoms with Crippen molar-refractivity contribution in [3.05, 3.63) is 33.8 Å². The topological polar surface area (TPSA) is 35.2 Å². The average Bonchev–Trinajstić information content (AvgIpc) is 2.34. The van der Waals surface area contributed by atoms with Crippen LogP contribution in [0.2, 0.25) is 10.0 Å². The Morgan fingerprint density at radius 2 is 2.18 bits per heavy atom. The van der Waals surface area contributed by atoms with Gasteiger partial charge in [-0.15, -0.1) is 0 Å². The van der Waals surface area contributed by atoms with Crippen molar-refractivity contribution in [1.29, 1.82) is 0 Å². The van der Waals surface area contributed by atoms with Gasteiger partial charge in [0.1, 0.15) is 0 Å². The maximum Gasteiger partial charge on any atom is 0.0640 e. The van der Waals surface area contributed by atoms with E-state index in [0.29, 0.717) is 10.0 Å². The molecule has 2 atom stereocenters. The summed E-state index contributed by atoms with van der Waals surface area (Å²) in [4.78, 5) is 0. The van der Waals surface area contributed by atoms with E-state index in [1.807, 2.05) is 12.1 Å². The fourth-order valence-electron chi connectivity index (χ4n) is 2.21. The van der Waals surface area contributed by atoms with Crippen LogP contribution < -0.4 is 5.73 Å². The van der Waals surface area contributed by atoms with Crippen LogP contribution in [0.5, 0.6) is 0 Å². The van der Waals surface area contributed by atoms with E-state index < -0.39 is 0 Å². The predicted molar refractivity (Wildman–Crippen MR) is 71.6 cm³/mol. The highest BCUT2D eigenvalue weighted by atomic mass is 35.5. The third-order valence-corrected chi connectivity index (χ3v) is 4.01. The van der Waals surface area contributed by atoms with Crippen LogP contribution >= 0.6 is 23.2 Å². The Balaban J connectivity index is 2.03. The fourth-order valence-corrected chi connectivity index (χ4v) is 2.66. The van der Waals surface area contributed by atoms with E-state index in [0.717, 1.165) is 31.4 Å². The Hall–Kier alpha value is -0.280. The smallest absolute Gasteiger partial charge is 0.0640 e. The lowest BCUT2D eigenvalue weighted by molar-refractivity contribution is 0.00730. The first-order chi connectivity index (χ1) is 8.18. The van der Waals surface area contributed by atoms with Crippen molar-refractivity contribution in [1.82, 2.24) is 0 Å². The van der Waals surface area contributed by atoms with Crippen LogP contribution in [0, 0.1) is 0 Å². The van der Waals surface area contributed by atoms with Crippen LogP contribution in [0.1, 0.15) is 37.3 Å². The summed E-state index contributed by atoms with van der Waals surface area (Å²) in [6.45, 7) is 0.848. The quantitative estimate of drug-likeness (QED) is 0.905. The second-order valence-corrected chi connectivity index (χ2v) is 5.26. The molecular formula is C13H17Cl2NO. The van der Waals surface area contributed by atoms with Crippen molar-refractivity contribution in [3.8, 4) is 0 Å². The van der Waals surface area contributed by atoms with E-state index in [1.165, 1.54) is 6.42 Å². The molecule has 0 radical (unpaired) electrons. The summed E-state index contributed by atoms with van der Waals surface area (Å²) < 4.78 is 5.68. The zero-order valence-electron chi connectivity index (χ0n) is 9.66. The van der Waals surface area contributed by atoms with Crippen LogP contribution in [0.3, 0.4) is 0 Å². The van der Waals surface area contributed by atoms with Gasteiger partial charge in [0.05, 0.1) is 16.1 Å². The molecular weight excluding hydrogens is 257 g/mol. The molecule has 0 aromatic heterocycles. The molecule has 1 aromatic rings. The minimum Gasteiger partial charge on any atom is -0.378 e. The van der Waals surface area contributed by atoms with Gasteiger partial charge in [-0.25, -0.2) is 0 Å². The molecule has 1 aromatic carbocycles. The highest BCUT2D eigenvalue weighted by molar-refractivity contribution is 6.42. The van der Waals surface area contributed by atoms with Crippen molar-refractivity contribution < 1.29 is 4.74 Å². The molecule has 4 heteroatoms. The molecule has 1 fully saturated rings. The van der Waals surface area contributed by atoms with Gasteiger partial charge in [-0.05, 0) is 37.3 Å². The molecule has 0 spiro atoms. The van der Waals surface area contributed by atoms with Crippen molar-refractivity contribution in [2.45, 2.75) is 37.8 Å². The second-order valence-electron chi connectivity index (χ2n) is 4.47. The van der Waals surface area contributed by atoms with E-state index in [9.17, 15) is 0 Å². The van der Waals surface area contributed by atoms with Crippen molar-refractivity contribution in [3.63, 3.8) is 0 Å². The van der Waals surface area contributed by atoms with E-state index in [2.05, 4.69) is 0 Å². The monoisotopic (exact) mass is 273 g/mol. The minimum atomic E-state index is -0.107. The number of halogens is 2. The predicted octanol–water partition coefficient (Wildman–Crippen LogP) is 3.95. The summed E-state index contributed by atoms with van der Waals surface area (Å²) in [6, 6.07) is 5.48. The first-order valence-corrected chi connectivity index (χ1v) is 6.75. The summed E-state index contributed by atoms with van der Waals surface area (Å²) in [6.07, 6.45) is 4.53. The van der Waals surface area contributed by atoms with Gasteiger partial charge in [-0.3, -0.25) is 0 Å². The Labute approximate surface area is 112 Å². The Kier molecular flexibility index (Phi) is 4.69.